The van der Waals surface area contributed by atoms with Gasteiger partial charge < -0.3 is 9.84 Å². The number of hydrogen-bond donors (Lipinski definition) is 1. The van der Waals surface area contributed by atoms with E-state index < -0.39 is 5.97 Å². The largest absolute Gasteiger partial charge is 0.462 e. The lowest BCUT2D eigenvalue weighted by Crippen LogP contribution is -2.14. The van der Waals surface area contributed by atoms with Crippen LogP contribution >= 0.6 is 0 Å². The summed E-state index contributed by atoms with van der Waals surface area (Å²) >= 11 is 0. The van der Waals surface area contributed by atoms with Crippen LogP contribution in [0.25, 0.3) is 11.1 Å². The van der Waals surface area contributed by atoms with Gasteiger partial charge in [0.2, 0.25) is 0 Å². The Morgan fingerprint density at radius 2 is 1.55 bits per heavy atom. The summed E-state index contributed by atoms with van der Waals surface area (Å²) in [4.78, 5) is 11.7. The fourth-order valence-corrected chi connectivity index (χ4v) is 7.26. The number of esters is 1. The van der Waals surface area contributed by atoms with Crippen LogP contribution in [0.5, 0.6) is 0 Å². The summed E-state index contributed by atoms with van der Waals surface area (Å²) in [5.74, 6) is -0.399. The van der Waals surface area contributed by atoms with Gasteiger partial charge in [0, 0.05) is 12.2 Å². The van der Waals surface area contributed by atoms with Gasteiger partial charge in [-0.1, -0.05) is 75.7 Å². The third-order valence-electron chi connectivity index (χ3n) is 10.1. The molecule has 1 unspecified atom stereocenters. The minimum atomic E-state index is -0.411. The molecule has 4 rings (SSSR count). The van der Waals surface area contributed by atoms with Crippen molar-refractivity contribution in [3.05, 3.63) is 106 Å². The van der Waals surface area contributed by atoms with Crippen LogP contribution in [0.3, 0.4) is 0 Å². The van der Waals surface area contributed by atoms with Crippen LogP contribution in [-0.2, 0) is 22.4 Å². The second kappa shape index (κ2) is 18.3. The highest BCUT2D eigenvalue weighted by Gasteiger charge is 2.27. The fraction of sp³-hybridized carbons (Fsp3) is 0.500. The summed E-state index contributed by atoms with van der Waals surface area (Å²) in [7, 11) is 0. The standard InChI is InChI=1S/C42H54F2O3/c1-5-7-8-11-31-16-19-35(26-30(31)6-2)37-21-23-39(41(44)28-37)34-17-14-32(15-18-34)36-20-22-38(40(43)27-36)33(12-9-24-45)13-10-25-47-42(46)29(3)4/h16,19-23,26-28,32-34,45H,3,5-15,17-18,24-25H2,1-2,4H3. The predicted molar refractivity (Wildman–Crippen MR) is 189 cm³/mol. The van der Waals surface area contributed by atoms with Gasteiger partial charge in [0.05, 0.1) is 6.61 Å². The highest BCUT2D eigenvalue weighted by Crippen LogP contribution is 2.42. The molecule has 5 heteroatoms. The predicted octanol–water partition coefficient (Wildman–Crippen LogP) is 11.1. The normalized spacial score (nSPS) is 17.0. The molecule has 0 heterocycles. The molecule has 1 aliphatic rings. The van der Waals surface area contributed by atoms with Crippen LogP contribution in [0, 0.1) is 11.6 Å². The van der Waals surface area contributed by atoms with E-state index in [1.165, 1.54) is 30.4 Å². The maximum absolute atomic E-state index is 15.6. The van der Waals surface area contributed by atoms with Gasteiger partial charge in [-0.2, -0.15) is 0 Å². The lowest BCUT2D eigenvalue weighted by atomic mass is 9.75. The Kier molecular flexibility index (Phi) is 14.2. The molecular formula is C42H54F2O3. The van der Waals surface area contributed by atoms with E-state index in [2.05, 4.69) is 44.7 Å². The van der Waals surface area contributed by atoms with E-state index in [9.17, 15) is 9.90 Å². The van der Waals surface area contributed by atoms with Crippen molar-refractivity contribution in [2.75, 3.05) is 13.2 Å². The van der Waals surface area contributed by atoms with Crippen LogP contribution in [0.15, 0.2) is 66.7 Å². The molecule has 0 aliphatic heterocycles. The Morgan fingerprint density at radius 1 is 0.851 bits per heavy atom. The third-order valence-corrected chi connectivity index (χ3v) is 10.1. The fourth-order valence-electron chi connectivity index (χ4n) is 7.26. The van der Waals surface area contributed by atoms with Crippen molar-refractivity contribution < 1.29 is 23.4 Å². The lowest BCUT2D eigenvalue weighted by molar-refractivity contribution is -0.139. The number of ether oxygens (including phenoxy) is 1. The molecule has 1 aliphatic carbocycles. The van der Waals surface area contributed by atoms with Crippen LogP contribution in [-0.4, -0.2) is 24.3 Å². The molecular weight excluding hydrogens is 590 g/mol. The van der Waals surface area contributed by atoms with Gasteiger partial charge in [0.15, 0.2) is 0 Å². The van der Waals surface area contributed by atoms with Gasteiger partial charge in [-0.25, -0.2) is 13.6 Å². The second-order valence-electron chi connectivity index (χ2n) is 13.5. The van der Waals surface area contributed by atoms with Gasteiger partial charge >= 0.3 is 5.97 Å². The number of aliphatic hydroxyl groups excluding tert-OH is 1. The number of unbranched alkanes of at least 4 members (excludes halogenated alkanes) is 2. The van der Waals surface area contributed by atoms with Crippen molar-refractivity contribution in [1.29, 1.82) is 0 Å². The molecule has 1 saturated carbocycles. The quantitative estimate of drug-likeness (QED) is 0.0903. The summed E-state index contributed by atoms with van der Waals surface area (Å²) in [6.45, 7) is 9.95. The third kappa shape index (κ3) is 10.1. The van der Waals surface area contributed by atoms with Crippen molar-refractivity contribution in [2.45, 2.75) is 122 Å². The summed E-state index contributed by atoms with van der Waals surface area (Å²) in [5, 5.41) is 9.40. The van der Waals surface area contributed by atoms with Crippen molar-refractivity contribution >= 4 is 5.97 Å². The monoisotopic (exact) mass is 644 g/mol. The van der Waals surface area contributed by atoms with Crippen molar-refractivity contribution in [1.82, 2.24) is 0 Å². The first-order chi connectivity index (χ1) is 22.7. The number of hydrogen-bond acceptors (Lipinski definition) is 3. The number of halogens is 2. The zero-order valence-electron chi connectivity index (χ0n) is 28.8. The van der Waals surface area contributed by atoms with Crippen LogP contribution in [0.2, 0.25) is 0 Å². The Morgan fingerprint density at radius 3 is 2.21 bits per heavy atom. The molecule has 3 nitrogen and oxygen atoms in total. The average Bonchev–Trinajstić information content (AvgIpc) is 3.08. The minimum absolute atomic E-state index is 0.0550. The lowest BCUT2D eigenvalue weighted by Gasteiger charge is -2.30. The van der Waals surface area contributed by atoms with Gasteiger partial charge in [0.1, 0.15) is 11.6 Å². The van der Waals surface area contributed by atoms with Crippen molar-refractivity contribution in [3.63, 3.8) is 0 Å². The molecule has 0 amide bonds. The van der Waals surface area contributed by atoms with E-state index in [0.717, 1.165) is 60.8 Å². The van der Waals surface area contributed by atoms with E-state index >= 15 is 8.78 Å². The molecule has 1 N–H and O–H groups in total. The Hall–Kier alpha value is -3.31. The smallest absolute Gasteiger partial charge is 0.333 e. The van der Waals surface area contributed by atoms with Gasteiger partial charge in [0.25, 0.3) is 0 Å². The minimum Gasteiger partial charge on any atom is -0.462 e. The van der Waals surface area contributed by atoms with E-state index in [1.54, 1.807) is 19.1 Å². The highest BCUT2D eigenvalue weighted by atomic mass is 19.1. The van der Waals surface area contributed by atoms with E-state index in [0.29, 0.717) is 36.8 Å². The molecule has 1 atom stereocenters. The Labute approximate surface area is 281 Å². The first-order valence-electron chi connectivity index (χ1n) is 17.9. The Balaban J connectivity index is 1.37. The first-order valence-corrected chi connectivity index (χ1v) is 17.9. The number of carbonyl (C=O) groups is 1. The zero-order chi connectivity index (χ0) is 33.8. The molecule has 0 bridgehead atoms. The molecule has 47 heavy (non-hydrogen) atoms. The van der Waals surface area contributed by atoms with Crippen LogP contribution in [0.4, 0.5) is 8.78 Å². The van der Waals surface area contributed by atoms with Gasteiger partial charge in [-0.3, -0.25) is 0 Å². The van der Waals surface area contributed by atoms with E-state index in [-0.39, 0.29) is 42.6 Å². The number of aliphatic hydroxyl groups is 1. The van der Waals surface area contributed by atoms with Gasteiger partial charge in [-0.05, 0) is 146 Å². The molecule has 0 spiro atoms. The number of benzene rings is 3. The molecule has 1 fully saturated rings. The Bertz CT molecular complexity index is 1470. The number of carbonyl (C=O) groups excluding carboxylic acids is 1. The SMILES string of the molecule is C=C(C)C(=O)OCCCC(CCCO)c1ccc(C2CCC(c3ccc(-c4ccc(CCCCC)c(CC)c4)cc3F)CC2)cc1F. The van der Waals surface area contributed by atoms with E-state index in [1.807, 2.05) is 18.2 Å². The molecule has 0 saturated heterocycles. The van der Waals surface area contributed by atoms with Crippen molar-refractivity contribution in [3.8, 4) is 11.1 Å². The number of rotatable bonds is 17. The summed E-state index contributed by atoms with van der Waals surface area (Å²) in [6, 6.07) is 18.0. The molecule has 0 aromatic heterocycles. The van der Waals surface area contributed by atoms with Crippen molar-refractivity contribution in [2.24, 2.45) is 0 Å². The topological polar surface area (TPSA) is 46.5 Å². The van der Waals surface area contributed by atoms with E-state index in [4.69, 9.17) is 4.74 Å². The maximum Gasteiger partial charge on any atom is 0.333 e. The molecule has 3 aromatic rings. The maximum atomic E-state index is 15.6. The summed E-state index contributed by atoms with van der Waals surface area (Å²) < 4.78 is 36.3. The molecule has 0 radical (unpaired) electrons. The summed E-state index contributed by atoms with van der Waals surface area (Å²) in [5.41, 5.74) is 7.58. The zero-order valence-corrected chi connectivity index (χ0v) is 28.8. The summed E-state index contributed by atoms with van der Waals surface area (Å²) in [6.07, 6.45) is 11.8. The molecule has 3 aromatic carbocycles. The number of aryl methyl sites for hydroxylation is 2. The van der Waals surface area contributed by atoms with Crippen LogP contribution < -0.4 is 0 Å². The van der Waals surface area contributed by atoms with Gasteiger partial charge in [-0.15, -0.1) is 0 Å². The van der Waals surface area contributed by atoms with Crippen LogP contribution in [0.1, 0.15) is 137 Å². The second-order valence-corrected chi connectivity index (χ2v) is 13.5. The average molecular weight is 645 g/mol. The molecule has 254 valence electrons. The highest BCUT2D eigenvalue weighted by molar-refractivity contribution is 5.86. The first kappa shape index (κ1) is 36.5.